The average Bonchev–Trinajstić information content (AvgIpc) is 2.42. The summed E-state index contributed by atoms with van der Waals surface area (Å²) < 4.78 is 37.8. The van der Waals surface area contributed by atoms with Gasteiger partial charge in [-0.3, -0.25) is 4.18 Å². The Labute approximate surface area is 165 Å². The van der Waals surface area contributed by atoms with Crippen LogP contribution < -0.4 is 4.90 Å². The minimum absolute atomic E-state index is 0.279. The highest BCUT2D eigenvalue weighted by atomic mass is 32.2. The van der Waals surface area contributed by atoms with E-state index in [1.807, 2.05) is 0 Å². The van der Waals surface area contributed by atoms with E-state index in [4.69, 9.17) is 13.7 Å². The molecule has 11 heteroatoms. The van der Waals surface area contributed by atoms with Crippen LogP contribution in [0.15, 0.2) is 12.4 Å². The number of rotatable bonds is 4. The highest BCUT2D eigenvalue weighted by Crippen LogP contribution is 2.21. The summed E-state index contributed by atoms with van der Waals surface area (Å²) in [6, 6.07) is 0. The fourth-order valence-corrected chi connectivity index (χ4v) is 2.46. The number of imide groups is 1. The molecule has 2 amide bonds. The standard InChI is InChI=1S/C17H27N3O7S/c1-11(27-28(8,23)24)12-9-18-13(19-10-12)20(14(21)25-16(2,3)4)15(22)26-17(5,6)7/h9-11H,1-8H3. The van der Waals surface area contributed by atoms with Crippen LogP contribution in [0, 0.1) is 0 Å². The molecule has 0 saturated heterocycles. The number of hydrogen-bond donors (Lipinski definition) is 0. The summed E-state index contributed by atoms with van der Waals surface area (Å²) in [5, 5.41) is 0. The lowest BCUT2D eigenvalue weighted by molar-refractivity contribution is 0.0427. The number of ether oxygens (including phenoxy) is 2. The number of carbonyl (C=O) groups is 2. The Hall–Kier alpha value is -2.27. The molecule has 0 aromatic carbocycles. The molecule has 0 aliphatic rings. The molecule has 158 valence electrons. The minimum atomic E-state index is -3.68. The van der Waals surface area contributed by atoms with Crippen LogP contribution in [0.2, 0.25) is 0 Å². The third-order valence-electron chi connectivity index (χ3n) is 2.80. The largest absolute Gasteiger partial charge is 0.443 e. The zero-order valence-corrected chi connectivity index (χ0v) is 18.2. The molecule has 0 aliphatic heterocycles. The van der Waals surface area contributed by atoms with Crippen molar-refractivity contribution in [1.82, 2.24) is 9.97 Å². The molecule has 0 N–H and O–H groups in total. The summed E-state index contributed by atoms with van der Waals surface area (Å²) in [6.45, 7) is 11.4. The van der Waals surface area contributed by atoms with E-state index >= 15 is 0 Å². The lowest BCUT2D eigenvalue weighted by atomic mass is 10.2. The second-order valence-electron chi connectivity index (χ2n) is 8.06. The number of carbonyl (C=O) groups excluding carboxylic acids is 2. The first-order chi connectivity index (χ1) is 12.5. The van der Waals surface area contributed by atoms with Gasteiger partial charge in [-0.15, -0.1) is 4.90 Å². The van der Waals surface area contributed by atoms with Crippen molar-refractivity contribution in [3.63, 3.8) is 0 Å². The molecule has 0 aliphatic carbocycles. The monoisotopic (exact) mass is 417 g/mol. The quantitative estimate of drug-likeness (QED) is 0.679. The molecule has 10 nitrogen and oxygen atoms in total. The zero-order valence-electron chi connectivity index (χ0n) is 17.3. The van der Waals surface area contributed by atoms with E-state index in [2.05, 4.69) is 9.97 Å². The third kappa shape index (κ3) is 8.17. The van der Waals surface area contributed by atoms with Crippen molar-refractivity contribution < 1.29 is 31.7 Å². The zero-order chi connectivity index (χ0) is 21.9. The van der Waals surface area contributed by atoms with Crippen molar-refractivity contribution in [2.75, 3.05) is 11.2 Å². The van der Waals surface area contributed by atoms with Crippen molar-refractivity contribution in [1.29, 1.82) is 0 Å². The highest BCUT2D eigenvalue weighted by Gasteiger charge is 2.34. The second-order valence-corrected chi connectivity index (χ2v) is 9.66. The van der Waals surface area contributed by atoms with Crippen LogP contribution in [-0.2, 0) is 23.8 Å². The fourth-order valence-electron chi connectivity index (χ4n) is 1.83. The van der Waals surface area contributed by atoms with Crippen LogP contribution in [0.4, 0.5) is 15.5 Å². The summed E-state index contributed by atoms with van der Waals surface area (Å²) in [5.41, 5.74) is -1.40. The van der Waals surface area contributed by atoms with Crippen LogP contribution in [0.3, 0.4) is 0 Å². The number of anilines is 1. The van der Waals surface area contributed by atoms with Gasteiger partial charge in [-0.25, -0.2) is 19.6 Å². The summed E-state index contributed by atoms with van der Waals surface area (Å²) in [7, 11) is -3.68. The molecule has 28 heavy (non-hydrogen) atoms. The first-order valence-corrected chi connectivity index (χ1v) is 10.3. The maximum absolute atomic E-state index is 12.5. The molecule has 0 radical (unpaired) electrons. The van der Waals surface area contributed by atoms with Crippen molar-refractivity contribution in [2.45, 2.75) is 65.8 Å². The van der Waals surface area contributed by atoms with Crippen LogP contribution in [0.25, 0.3) is 0 Å². The van der Waals surface area contributed by atoms with E-state index in [1.165, 1.54) is 19.3 Å². The molecule has 1 aromatic heterocycles. The van der Waals surface area contributed by atoms with E-state index in [1.54, 1.807) is 41.5 Å². The third-order valence-corrected chi connectivity index (χ3v) is 3.44. The maximum atomic E-state index is 12.5. The molecular formula is C17H27N3O7S. The molecule has 1 aromatic rings. The average molecular weight is 417 g/mol. The molecule has 1 atom stereocenters. The van der Waals surface area contributed by atoms with E-state index < -0.39 is 39.6 Å². The van der Waals surface area contributed by atoms with Gasteiger partial charge in [0.15, 0.2) is 0 Å². The van der Waals surface area contributed by atoms with Gasteiger partial charge < -0.3 is 9.47 Å². The van der Waals surface area contributed by atoms with E-state index in [0.29, 0.717) is 10.5 Å². The van der Waals surface area contributed by atoms with Crippen molar-refractivity contribution in [3.8, 4) is 0 Å². The Morgan fingerprint density at radius 2 is 1.36 bits per heavy atom. The van der Waals surface area contributed by atoms with Crippen LogP contribution >= 0.6 is 0 Å². The fraction of sp³-hybridized carbons (Fsp3) is 0.647. The molecular weight excluding hydrogens is 390 g/mol. The Bertz CT molecular complexity index is 781. The van der Waals surface area contributed by atoms with Crippen LogP contribution in [0.1, 0.15) is 60.1 Å². The predicted molar refractivity (Wildman–Crippen MR) is 101 cm³/mol. The van der Waals surface area contributed by atoms with E-state index in [9.17, 15) is 18.0 Å². The molecule has 0 fully saturated rings. The second kappa shape index (κ2) is 8.39. The Morgan fingerprint density at radius 1 is 0.964 bits per heavy atom. The van der Waals surface area contributed by atoms with Crippen molar-refractivity contribution in [2.24, 2.45) is 0 Å². The molecule has 1 unspecified atom stereocenters. The van der Waals surface area contributed by atoms with Gasteiger partial charge in [0.2, 0.25) is 5.95 Å². The van der Waals surface area contributed by atoms with E-state index in [-0.39, 0.29) is 5.95 Å². The van der Waals surface area contributed by atoms with Gasteiger partial charge in [0.05, 0.1) is 6.26 Å². The smallest absolute Gasteiger partial charge is 0.427 e. The molecule has 0 spiro atoms. The van der Waals surface area contributed by atoms with E-state index in [0.717, 1.165) is 6.26 Å². The molecule has 1 heterocycles. The number of hydrogen-bond acceptors (Lipinski definition) is 9. The minimum Gasteiger partial charge on any atom is -0.443 e. The SMILES string of the molecule is CC(OS(C)(=O)=O)c1cnc(N(C(=O)OC(C)(C)C)C(=O)OC(C)(C)C)nc1. The summed E-state index contributed by atoms with van der Waals surface area (Å²) >= 11 is 0. The van der Waals surface area contributed by atoms with Gasteiger partial charge in [0.25, 0.3) is 10.1 Å². The van der Waals surface area contributed by atoms with Gasteiger partial charge in [-0.05, 0) is 48.5 Å². The van der Waals surface area contributed by atoms with Crippen molar-refractivity contribution >= 4 is 28.3 Å². The van der Waals surface area contributed by atoms with Gasteiger partial charge in [-0.1, -0.05) is 0 Å². The maximum Gasteiger partial charge on any atom is 0.427 e. The van der Waals surface area contributed by atoms with Gasteiger partial charge in [0.1, 0.15) is 17.3 Å². The van der Waals surface area contributed by atoms with Gasteiger partial charge in [-0.2, -0.15) is 8.42 Å². The Morgan fingerprint density at radius 3 is 1.68 bits per heavy atom. The molecule has 0 saturated carbocycles. The lowest BCUT2D eigenvalue weighted by Crippen LogP contribution is -2.44. The summed E-state index contributed by atoms with van der Waals surface area (Å²) in [5.74, 6) is -0.279. The Balaban J connectivity index is 3.19. The van der Waals surface area contributed by atoms with Gasteiger partial charge in [0, 0.05) is 18.0 Å². The number of nitrogens with zero attached hydrogens (tertiary/aromatic N) is 3. The molecule has 0 bridgehead atoms. The number of aromatic nitrogens is 2. The topological polar surface area (TPSA) is 125 Å². The van der Waals surface area contributed by atoms with Gasteiger partial charge >= 0.3 is 12.2 Å². The Kier molecular flexibility index (Phi) is 7.13. The number of amides is 2. The normalized spacial score (nSPS) is 13.6. The first-order valence-electron chi connectivity index (χ1n) is 8.45. The predicted octanol–water partition coefficient (Wildman–Crippen LogP) is 3.19. The molecule has 1 rings (SSSR count). The van der Waals surface area contributed by atoms with Crippen LogP contribution in [-0.4, -0.2) is 48.0 Å². The van der Waals surface area contributed by atoms with Crippen LogP contribution in [0.5, 0.6) is 0 Å². The lowest BCUT2D eigenvalue weighted by Gasteiger charge is -2.27. The highest BCUT2D eigenvalue weighted by molar-refractivity contribution is 7.86. The summed E-state index contributed by atoms with van der Waals surface area (Å²) in [6.07, 6.45) is 0.566. The summed E-state index contributed by atoms with van der Waals surface area (Å²) in [4.78, 5) is 33.5. The van der Waals surface area contributed by atoms with Crippen molar-refractivity contribution in [3.05, 3.63) is 18.0 Å². The first kappa shape index (κ1) is 23.8.